The molecule has 0 aromatic rings. The van der Waals surface area contributed by atoms with Gasteiger partial charge in [0.1, 0.15) is 13.2 Å². The summed E-state index contributed by atoms with van der Waals surface area (Å²) in [5.41, 5.74) is 0. The molecule has 380 valence electrons. The molecule has 0 aromatic carbocycles. The average molecular weight is 906 g/mol. The van der Waals surface area contributed by atoms with Crippen LogP contribution in [0.15, 0.2) is 0 Å². The molecule has 0 amide bonds. The van der Waals surface area contributed by atoms with Crippen molar-refractivity contribution in [3.8, 4) is 0 Å². The lowest BCUT2D eigenvalue weighted by atomic mass is 9.99. The van der Waals surface area contributed by atoms with Gasteiger partial charge in [0.15, 0.2) is 6.10 Å². The van der Waals surface area contributed by atoms with E-state index in [0.29, 0.717) is 19.3 Å². The molecular weight excluding hydrogens is 793 g/mol. The largest absolute Gasteiger partial charge is 0.462 e. The fraction of sp³-hybridized carbons (Fsp3) is 0.948. The van der Waals surface area contributed by atoms with Crippen LogP contribution in [0.5, 0.6) is 0 Å². The highest BCUT2D eigenvalue weighted by atomic mass is 16.6. The van der Waals surface area contributed by atoms with Gasteiger partial charge in [-0.1, -0.05) is 285 Å². The first-order valence-corrected chi connectivity index (χ1v) is 28.8. The highest BCUT2D eigenvalue weighted by Gasteiger charge is 2.19. The molecule has 64 heavy (non-hydrogen) atoms. The number of carbonyl (C=O) groups is 3. The predicted octanol–water partition coefficient (Wildman–Crippen LogP) is 18.9. The molecule has 0 N–H and O–H groups in total. The molecule has 0 saturated heterocycles. The van der Waals surface area contributed by atoms with E-state index in [-0.39, 0.29) is 31.1 Å². The van der Waals surface area contributed by atoms with Gasteiger partial charge in [0, 0.05) is 19.3 Å². The highest BCUT2D eigenvalue weighted by molar-refractivity contribution is 5.71. The van der Waals surface area contributed by atoms with Gasteiger partial charge >= 0.3 is 17.9 Å². The lowest BCUT2D eigenvalue weighted by Gasteiger charge is -2.18. The first-order chi connectivity index (χ1) is 31.3. The molecule has 1 unspecified atom stereocenters. The Morgan fingerprint density at radius 3 is 0.891 bits per heavy atom. The monoisotopic (exact) mass is 905 g/mol. The molecule has 0 aliphatic carbocycles. The quantitative estimate of drug-likeness (QED) is 0.0344. The zero-order valence-corrected chi connectivity index (χ0v) is 43.9. The van der Waals surface area contributed by atoms with Crippen LogP contribution < -0.4 is 0 Å². The van der Waals surface area contributed by atoms with E-state index >= 15 is 0 Å². The average Bonchev–Trinajstić information content (AvgIpc) is 3.28. The lowest BCUT2D eigenvalue weighted by molar-refractivity contribution is -0.167. The van der Waals surface area contributed by atoms with E-state index in [1.54, 1.807) is 0 Å². The van der Waals surface area contributed by atoms with E-state index in [9.17, 15) is 14.4 Å². The summed E-state index contributed by atoms with van der Waals surface area (Å²) in [6.45, 7) is 11.4. The Balaban J connectivity index is 4.28. The van der Waals surface area contributed by atoms with Crippen molar-refractivity contribution in [2.45, 2.75) is 330 Å². The number of esters is 3. The van der Waals surface area contributed by atoms with Crippen molar-refractivity contribution >= 4 is 17.9 Å². The third-order valence-electron chi connectivity index (χ3n) is 13.6. The number of carbonyl (C=O) groups excluding carboxylic acids is 3. The Bertz CT molecular complexity index is 980. The van der Waals surface area contributed by atoms with Gasteiger partial charge in [-0.3, -0.25) is 14.4 Å². The van der Waals surface area contributed by atoms with Crippen molar-refractivity contribution in [2.75, 3.05) is 13.2 Å². The molecule has 2 atom stereocenters. The maximum absolute atomic E-state index is 12.8. The van der Waals surface area contributed by atoms with Crippen molar-refractivity contribution in [2.24, 2.45) is 11.8 Å². The Labute approximate surface area is 399 Å². The molecule has 0 bridgehead atoms. The maximum Gasteiger partial charge on any atom is 0.306 e. The summed E-state index contributed by atoms with van der Waals surface area (Å²) in [5.74, 6) is 0.839. The number of unbranched alkanes of at least 4 members (excludes halogenated alkanes) is 36. The molecule has 6 heteroatoms. The molecule has 6 nitrogen and oxygen atoms in total. The number of ether oxygens (including phenoxy) is 3. The summed E-state index contributed by atoms with van der Waals surface area (Å²) >= 11 is 0. The second-order valence-electron chi connectivity index (χ2n) is 20.6. The van der Waals surface area contributed by atoms with E-state index in [4.69, 9.17) is 14.2 Å². The summed E-state index contributed by atoms with van der Waals surface area (Å²) in [6, 6.07) is 0. The minimum Gasteiger partial charge on any atom is -0.462 e. The van der Waals surface area contributed by atoms with Crippen LogP contribution in [0.2, 0.25) is 0 Å². The smallest absolute Gasteiger partial charge is 0.306 e. The van der Waals surface area contributed by atoms with Crippen LogP contribution in [0.1, 0.15) is 324 Å². The van der Waals surface area contributed by atoms with Crippen LogP contribution in [-0.2, 0) is 28.6 Å². The van der Waals surface area contributed by atoms with Gasteiger partial charge < -0.3 is 14.2 Å². The fourth-order valence-corrected chi connectivity index (χ4v) is 8.84. The van der Waals surface area contributed by atoms with Gasteiger partial charge in [-0.05, 0) is 31.1 Å². The standard InChI is InChI=1S/C58H112O6/c1-6-8-9-10-11-12-13-14-15-16-17-18-19-20-25-28-35-40-45-50-58(61)64-55(52-63-57(60)49-44-39-34-30-29-32-37-42-47-54(5)7-2)51-62-56(59)48-43-38-33-27-24-22-21-23-26-31-36-41-46-53(3)4/h53-55H,6-52H2,1-5H3/t54?,55-/m1/s1. The van der Waals surface area contributed by atoms with Crippen LogP contribution >= 0.6 is 0 Å². The van der Waals surface area contributed by atoms with Gasteiger partial charge in [-0.15, -0.1) is 0 Å². The lowest BCUT2D eigenvalue weighted by Crippen LogP contribution is -2.30. The Hall–Kier alpha value is -1.59. The zero-order chi connectivity index (χ0) is 46.8. The van der Waals surface area contributed by atoms with Gasteiger partial charge in [-0.2, -0.15) is 0 Å². The molecule has 0 radical (unpaired) electrons. The Morgan fingerprint density at radius 1 is 0.328 bits per heavy atom. The number of rotatable bonds is 52. The molecular formula is C58H112O6. The van der Waals surface area contributed by atoms with Gasteiger partial charge in [0.25, 0.3) is 0 Å². The third kappa shape index (κ3) is 49.8. The van der Waals surface area contributed by atoms with Gasteiger partial charge in [0.2, 0.25) is 0 Å². The van der Waals surface area contributed by atoms with Crippen LogP contribution in [0.4, 0.5) is 0 Å². The van der Waals surface area contributed by atoms with E-state index < -0.39 is 6.10 Å². The molecule has 0 aliphatic rings. The van der Waals surface area contributed by atoms with Crippen LogP contribution in [-0.4, -0.2) is 37.2 Å². The first kappa shape index (κ1) is 62.4. The summed E-state index contributed by atoms with van der Waals surface area (Å²) in [6.07, 6.45) is 53.8. The Morgan fingerprint density at radius 2 is 0.594 bits per heavy atom. The van der Waals surface area contributed by atoms with E-state index in [2.05, 4.69) is 34.6 Å². The van der Waals surface area contributed by atoms with Gasteiger partial charge in [-0.25, -0.2) is 0 Å². The van der Waals surface area contributed by atoms with Crippen molar-refractivity contribution in [3.63, 3.8) is 0 Å². The van der Waals surface area contributed by atoms with Crippen molar-refractivity contribution in [1.82, 2.24) is 0 Å². The predicted molar refractivity (Wildman–Crippen MR) is 275 cm³/mol. The SMILES string of the molecule is CCCCCCCCCCCCCCCCCCCCCC(=O)O[C@H](COC(=O)CCCCCCCCCCCCCCC(C)C)COC(=O)CCCCCCCCCCC(C)CC. The van der Waals surface area contributed by atoms with E-state index in [0.717, 1.165) is 69.6 Å². The summed E-state index contributed by atoms with van der Waals surface area (Å²) in [4.78, 5) is 38.1. The fourth-order valence-electron chi connectivity index (χ4n) is 8.84. The molecule has 0 fully saturated rings. The van der Waals surface area contributed by atoms with Crippen LogP contribution in [0, 0.1) is 11.8 Å². The molecule has 0 aliphatic heterocycles. The van der Waals surface area contributed by atoms with Crippen molar-refractivity contribution < 1.29 is 28.6 Å². The third-order valence-corrected chi connectivity index (χ3v) is 13.6. The molecule has 0 spiro atoms. The highest BCUT2D eigenvalue weighted by Crippen LogP contribution is 2.18. The van der Waals surface area contributed by atoms with Crippen molar-refractivity contribution in [1.29, 1.82) is 0 Å². The molecule has 0 aromatic heterocycles. The van der Waals surface area contributed by atoms with Gasteiger partial charge in [0.05, 0.1) is 0 Å². The Kier molecular flexibility index (Phi) is 49.6. The number of hydrogen-bond acceptors (Lipinski definition) is 6. The van der Waals surface area contributed by atoms with Crippen LogP contribution in [0.25, 0.3) is 0 Å². The molecule has 0 heterocycles. The van der Waals surface area contributed by atoms with Crippen molar-refractivity contribution in [3.05, 3.63) is 0 Å². The minimum absolute atomic E-state index is 0.0634. The topological polar surface area (TPSA) is 78.9 Å². The molecule has 0 saturated carbocycles. The maximum atomic E-state index is 12.8. The summed E-state index contributed by atoms with van der Waals surface area (Å²) in [7, 11) is 0. The zero-order valence-electron chi connectivity index (χ0n) is 43.9. The number of hydrogen-bond donors (Lipinski definition) is 0. The normalized spacial score (nSPS) is 12.5. The first-order valence-electron chi connectivity index (χ1n) is 28.8. The summed E-state index contributed by atoms with van der Waals surface area (Å²) in [5, 5.41) is 0. The second kappa shape index (κ2) is 50.8. The second-order valence-corrected chi connectivity index (χ2v) is 20.6. The van der Waals surface area contributed by atoms with Crippen LogP contribution in [0.3, 0.4) is 0 Å². The summed E-state index contributed by atoms with van der Waals surface area (Å²) < 4.78 is 16.9. The molecule has 0 rings (SSSR count). The minimum atomic E-state index is -0.763. The van der Waals surface area contributed by atoms with E-state index in [1.165, 1.54) is 212 Å². The van der Waals surface area contributed by atoms with E-state index in [1.807, 2.05) is 0 Å².